The lowest BCUT2D eigenvalue weighted by Gasteiger charge is -2.27. The van der Waals surface area contributed by atoms with E-state index in [4.69, 9.17) is 9.47 Å². The minimum atomic E-state index is -0.690. The van der Waals surface area contributed by atoms with E-state index < -0.39 is 6.10 Å². The van der Waals surface area contributed by atoms with Crippen LogP contribution < -0.4 is 4.74 Å². The second-order valence-electron chi connectivity index (χ2n) is 6.82. The Labute approximate surface area is 168 Å². The van der Waals surface area contributed by atoms with Crippen LogP contribution >= 0.6 is 15.9 Å². The number of benzene rings is 2. The molecule has 146 valence electrons. The van der Waals surface area contributed by atoms with Crippen LogP contribution in [0.25, 0.3) is 0 Å². The fraction of sp³-hybridized carbons (Fsp3) is 0.429. The molecule has 0 aromatic heterocycles. The van der Waals surface area contributed by atoms with E-state index in [0.717, 1.165) is 23.9 Å². The van der Waals surface area contributed by atoms with E-state index in [2.05, 4.69) is 15.9 Å². The first-order valence-corrected chi connectivity index (χ1v) is 10.0. The maximum Gasteiger partial charge on any atom is 0.133 e. The molecule has 1 fully saturated rings. The number of rotatable bonds is 9. The predicted octanol–water partition coefficient (Wildman–Crippen LogP) is 4.01. The summed E-state index contributed by atoms with van der Waals surface area (Å²) in [6, 6.07) is 14.3. The van der Waals surface area contributed by atoms with Crippen molar-refractivity contribution in [3.63, 3.8) is 0 Å². The van der Waals surface area contributed by atoms with Crippen LogP contribution in [0.5, 0.6) is 5.75 Å². The third-order valence-corrected chi connectivity index (χ3v) is 5.23. The lowest BCUT2D eigenvalue weighted by atomic mass is 10.1. The summed E-state index contributed by atoms with van der Waals surface area (Å²) in [5, 5.41) is 10.5. The Hall–Kier alpha value is -1.47. The average Bonchev–Trinajstić information content (AvgIpc) is 3.16. The van der Waals surface area contributed by atoms with E-state index >= 15 is 0 Å². The highest BCUT2D eigenvalue weighted by molar-refractivity contribution is 9.10. The highest BCUT2D eigenvalue weighted by Gasteiger charge is 2.22. The zero-order valence-electron chi connectivity index (χ0n) is 15.2. The molecule has 2 aromatic rings. The highest BCUT2D eigenvalue weighted by Crippen LogP contribution is 2.24. The quantitative estimate of drug-likeness (QED) is 0.643. The normalized spacial score (nSPS) is 18.0. The van der Waals surface area contributed by atoms with Crippen molar-refractivity contribution in [2.45, 2.75) is 31.6 Å². The van der Waals surface area contributed by atoms with Gasteiger partial charge in [0.2, 0.25) is 0 Å². The highest BCUT2D eigenvalue weighted by atomic mass is 79.9. The molecule has 0 aliphatic carbocycles. The van der Waals surface area contributed by atoms with Gasteiger partial charge in [-0.1, -0.05) is 30.3 Å². The maximum absolute atomic E-state index is 14.1. The van der Waals surface area contributed by atoms with Gasteiger partial charge in [-0.3, -0.25) is 4.90 Å². The van der Waals surface area contributed by atoms with E-state index in [1.165, 1.54) is 6.07 Å². The molecule has 6 heteroatoms. The molecule has 1 aliphatic heterocycles. The Balaban J connectivity index is 1.59. The van der Waals surface area contributed by atoms with Crippen molar-refractivity contribution in [1.29, 1.82) is 0 Å². The molecule has 1 heterocycles. The molecular weight excluding hydrogens is 413 g/mol. The van der Waals surface area contributed by atoms with Crippen LogP contribution in [0.15, 0.2) is 53.0 Å². The monoisotopic (exact) mass is 437 g/mol. The summed E-state index contributed by atoms with van der Waals surface area (Å²) >= 11 is 3.43. The molecule has 0 amide bonds. The number of hydrogen-bond acceptors (Lipinski definition) is 4. The van der Waals surface area contributed by atoms with Crippen LogP contribution in [0.1, 0.15) is 18.4 Å². The van der Waals surface area contributed by atoms with Gasteiger partial charge in [0.15, 0.2) is 0 Å². The van der Waals surface area contributed by atoms with E-state index in [9.17, 15) is 9.50 Å². The Kier molecular flexibility index (Phi) is 7.64. The lowest BCUT2D eigenvalue weighted by Crippen LogP contribution is -2.39. The van der Waals surface area contributed by atoms with Gasteiger partial charge in [-0.25, -0.2) is 4.39 Å². The van der Waals surface area contributed by atoms with Crippen LogP contribution in [0.3, 0.4) is 0 Å². The number of nitrogens with zero attached hydrogens (tertiary/aromatic N) is 1. The molecule has 2 atom stereocenters. The zero-order valence-corrected chi connectivity index (χ0v) is 16.8. The number of hydrogen-bond donors (Lipinski definition) is 1. The number of para-hydroxylation sites is 1. The molecule has 1 aliphatic rings. The molecule has 4 nitrogen and oxygen atoms in total. The van der Waals surface area contributed by atoms with Gasteiger partial charge >= 0.3 is 0 Å². The van der Waals surface area contributed by atoms with Gasteiger partial charge in [0.1, 0.15) is 24.3 Å². The van der Waals surface area contributed by atoms with E-state index in [1.54, 1.807) is 12.1 Å². The Morgan fingerprint density at radius 1 is 1.22 bits per heavy atom. The molecule has 3 rings (SSSR count). The van der Waals surface area contributed by atoms with Crippen molar-refractivity contribution in [1.82, 2.24) is 4.90 Å². The number of halogens is 2. The third kappa shape index (κ3) is 6.28. The summed E-state index contributed by atoms with van der Waals surface area (Å²) in [6.07, 6.45) is 1.49. The molecule has 1 N–H and O–H groups in total. The van der Waals surface area contributed by atoms with Crippen LogP contribution in [0.4, 0.5) is 4.39 Å². The molecule has 27 heavy (non-hydrogen) atoms. The van der Waals surface area contributed by atoms with Gasteiger partial charge < -0.3 is 14.6 Å². The predicted molar refractivity (Wildman–Crippen MR) is 106 cm³/mol. The van der Waals surface area contributed by atoms with Crippen molar-refractivity contribution in [3.05, 3.63) is 64.4 Å². The lowest BCUT2D eigenvalue weighted by molar-refractivity contribution is 0.0309. The standard InChI is InChI=1S/C21H25BrFNO3/c22-19-8-2-4-10-21(19)27-15-17(25)13-24(14-18-7-5-11-26-18)12-16-6-1-3-9-20(16)23/h1-4,6,8-10,17-18,25H,5,7,11-15H2. The van der Waals surface area contributed by atoms with Crippen molar-refractivity contribution in [3.8, 4) is 5.75 Å². The minimum Gasteiger partial charge on any atom is -0.490 e. The molecular formula is C21H25BrFNO3. The summed E-state index contributed by atoms with van der Waals surface area (Å²) in [5.41, 5.74) is 0.620. The van der Waals surface area contributed by atoms with E-state index in [-0.39, 0.29) is 18.5 Å². The van der Waals surface area contributed by atoms with Gasteiger partial charge in [-0.2, -0.15) is 0 Å². The first-order chi connectivity index (χ1) is 13.1. The van der Waals surface area contributed by atoms with Gasteiger partial charge in [-0.15, -0.1) is 0 Å². The van der Waals surface area contributed by atoms with Gasteiger partial charge in [-0.05, 0) is 47.0 Å². The topological polar surface area (TPSA) is 41.9 Å². The molecule has 0 saturated carbocycles. The van der Waals surface area contributed by atoms with Gasteiger partial charge in [0.25, 0.3) is 0 Å². The second kappa shape index (κ2) is 10.2. The number of aliphatic hydroxyl groups is 1. The summed E-state index contributed by atoms with van der Waals surface area (Å²) in [4.78, 5) is 2.04. The SMILES string of the molecule is OC(COc1ccccc1Br)CN(Cc1ccccc1F)CC1CCCO1. The largest absolute Gasteiger partial charge is 0.490 e. The number of aliphatic hydroxyl groups excluding tert-OH is 1. The average molecular weight is 438 g/mol. The van der Waals surface area contributed by atoms with Crippen molar-refractivity contribution >= 4 is 15.9 Å². The fourth-order valence-corrected chi connectivity index (χ4v) is 3.65. The number of ether oxygens (including phenoxy) is 2. The van der Waals surface area contributed by atoms with E-state index in [1.807, 2.05) is 35.2 Å². The third-order valence-electron chi connectivity index (χ3n) is 4.57. The van der Waals surface area contributed by atoms with Crippen LogP contribution in [-0.4, -0.2) is 48.5 Å². The molecule has 0 radical (unpaired) electrons. The molecule has 0 bridgehead atoms. The zero-order chi connectivity index (χ0) is 19.1. The first kappa shape index (κ1) is 20.3. The second-order valence-corrected chi connectivity index (χ2v) is 7.67. The van der Waals surface area contributed by atoms with Crippen molar-refractivity contribution in [2.75, 3.05) is 26.3 Å². The smallest absolute Gasteiger partial charge is 0.133 e. The Bertz CT molecular complexity index is 724. The molecule has 0 spiro atoms. The van der Waals surface area contributed by atoms with Crippen molar-refractivity contribution in [2.24, 2.45) is 0 Å². The first-order valence-electron chi connectivity index (χ1n) is 9.24. The Morgan fingerprint density at radius 2 is 2.00 bits per heavy atom. The maximum atomic E-state index is 14.1. The van der Waals surface area contributed by atoms with Crippen molar-refractivity contribution < 1.29 is 19.0 Å². The van der Waals surface area contributed by atoms with Crippen LogP contribution in [-0.2, 0) is 11.3 Å². The molecule has 1 saturated heterocycles. The Morgan fingerprint density at radius 3 is 2.74 bits per heavy atom. The van der Waals surface area contributed by atoms with Crippen LogP contribution in [0, 0.1) is 5.82 Å². The summed E-state index contributed by atoms with van der Waals surface area (Å²) in [7, 11) is 0. The van der Waals surface area contributed by atoms with E-state index in [0.29, 0.717) is 30.9 Å². The summed E-state index contributed by atoms with van der Waals surface area (Å²) < 4.78 is 26.3. The van der Waals surface area contributed by atoms with Gasteiger partial charge in [0, 0.05) is 31.8 Å². The summed E-state index contributed by atoms with van der Waals surface area (Å²) in [6.45, 7) is 2.42. The minimum absolute atomic E-state index is 0.133. The van der Waals surface area contributed by atoms with Gasteiger partial charge in [0.05, 0.1) is 10.6 Å². The summed E-state index contributed by atoms with van der Waals surface area (Å²) in [5.74, 6) is 0.463. The molecule has 2 aromatic carbocycles. The van der Waals surface area contributed by atoms with Crippen LogP contribution in [0.2, 0.25) is 0 Å². The molecule has 2 unspecified atom stereocenters. The fourth-order valence-electron chi connectivity index (χ4n) is 3.25.